The van der Waals surface area contributed by atoms with Crippen molar-refractivity contribution in [2.75, 3.05) is 0 Å². The highest BCUT2D eigenvalue weighted by Gasteiger charge is 2.28. The highest BCUT2D eigenvalue weighted by molar-refractivity contribution is 6.08. The Labute approximate surface area is 178 Å². The van der Waals surface area contributed by atoms with Crippen molar-refractivity contribution in [3.63, 3.8) is 0 Å². The molecular formula is C22H21N5O4. The monoisotopic (exact) mass is 419 g/mol. The van der Waals surface area contributed by atoms with Crippen molar-refractivity contribution >= 4 is 17.8 Å². The lowest BCUT2D eigenvalue weighted by Gasteiger charge is -2.21. The number of para-hydroxylation sites is 1. The molecule has 31 heavy (non-hydrogen) atoms. The first-order valence-electron chi connectivity index (χ1n) is 9.76. The molecule has 3 heterocycles. The average molecular weight is 419 g/mol. The van der Waals surface area contributed by atoms with Crippen molar-refractivity contribution < 1.29 is 13.9 Å². The molecule has 158 valence electrons. The average Bonchev–Trinajstić information content (AvgIpc) is 3.21. The van der Waals surface area contributed by atoms with E-state index in [2.05, 4.69) is 20.8 Å². The van der Waals surface area contributed by atoms with Crippen LogP contribution in [0.2, 0.25) is 0 Å². The van der Waals surface area contributed by atoms with Crippen molar-refractivity contribution in [3.8, 4) is 5.75 Å². The predicted octanol–water partition coefficient (Wildman–Crippen LogP) is 2.96. The van der Waals surface area contributed by atoms with Crippen molar-refractivity contribution in [1.29, 1.82) is 0 Å². The molecular weight excluding hydrogens is 398 g/mol. The van der Waals surface area contributed by atoms with Crippen molar-refractivity contribution in [3.05, 3.63) is 88.2 Å². The Balaban J connectivity index is 1.61. The maximum absolute atomic E-state index is 12.2. The number of carbonyl (C=O) groups excluding carboxylic acids is 1. The van der Waals surface area contributed by atoms with Crippen LogP contribution >= 0.6 is 0 Å². The second kappa shape index (κ2) is 8.70. The molecule has 1 atom stereocenters. The van der Waals surface area contributed by atoms with Gasteiger partial charge in [0.05, 0.1) is 0 Å². The third kappa shape index (κ3) is 4.55. The lowest BCUT2D eigenvalue weighted by molar-refractivity contribution is 0.205. The molecule has 0 saturated carbocycles. The Morgan fingerprint density at radius 2 is 2.00 bits per heavy atom. The second-order valence-electron chi connectivity index (χ2n) is 6.81. The van der Waals surface area contributed by atoms with Gasteiger partial charge in [0, 0.05) is 24.4 Å². The van der Waals surface area contributed by atoms with Crippen LogP contribution in [0.4, 0.5) is 4.79 Å². The number of carbonyl (C=O) groups is 1. The summed E-state index contributed by atoms with van der Waals surface area (Å²) in [6.07, 6.45) is 1.02. The Morgan fingerprint density at radius 3 is 2.71 bits per heavy atom. The van der Waals surface area contributed by atoms with Gasteiger partial charge in [-0.25, -0.2) is 15.2 Å². The zero-order chi connectivity index (χ0) is 21.8. The maximum atomic E-state index is 12.2. The van der Waals surface area contributed by atoms with Gasteiger partial charge >= 0.3 is 6.09 Å². The maximum Gasteiger partial charge on any atom is 0.419 e. The molecule has 2 aromatic heterocycles. The number of nitrogens with zero attached hydrogens (tertiary/aromatic N) is 3. The first kappa shape index (κ1) is 20.1. The van der Waals surface area contributed by atoms with Crippen LogP contribution in [-0.2, 0) is 6.54 Å². The molecule has 0 saturated heterocycles. The van der Waals surface area contributed by atoms with Crippen LogP contribution in [0.1, 0.15) is 30.0 Å². The summed E-state index contributed by atoms with van der Waals surface area (Å²) in [5.74, 6) is 1.80. The van der Waals surface area contributed by atoms with Crippen LogP contribution in [-0.4, -0.2) is 22.3 Å². The van der Waals surface area contributed by atoms with Crippen molar-refractivity contribution in [2.45, 2.75) is 26.4 Å². The number of ether oxygens (including phenoxy) is 1. The van der Waals surface area contributed by atoms with Crippen LogP contribution in [0.25, 0.3) is 0 Å². The van der Waals surface area contributed by atoms with E-state index in [0.29, 0.717) is 29.3 Å². The number of pyridine rings is 1. The summed E-state index contributed by atoms with van der Waals surface area (Å²) in [5, 5.41) is 6.95. The van der Waals surface area contributed by atoms with Gasteiger partial charge < -0.3 is 13.7 Å². The molecule has 0 bridgehead atoms. The fourth-order valence-corrected chi connectivity index (χ4v) is 3.12. The lowest BCUT2D eigenvalue weighted by atomic mass is 10.0. The van der Waals surface area contributed by atoms with E-state index in [1.807, 2.05) is 26.0 Å². The molecule has 3 aromatic rings. The van der Waals surface area contributed by atoms with Crippen LogP contribution in [0.3, 0.4) is 0 Å². The topological polar surface area (TPSA) is 110 Å². The molecule has 0 spiro atoms. The molecule has 1 aromatic carbocycles. The quantitative estimate of drug-likeness (QED) is 0.676. The highest BCUT2D eigenvalue weighted by atomic mass is 16.6. The molecule has 9 heteroatoms. The zero-order valence-corrected chi connectivity index (χ0v) is 17.0. The number of hydrogen-bond donors (Lipinski definition) is 2. The molecule has 0 radical (unpaired) electrons. The van der Waals surface area contributed by atoms with E-state index in [1.165, 1.54) is 6.07 Å². The van der Waals surface area contributed by atoms with Gasteiger partial charge in [-0.15, -0.1) is 0 Å². The van der Waals surface area contributed by atoms with Gasteiger partial charge in [-0.3, -0.25) is 10.1 Å². The SMILES string of the molecule is CCn1cc(C2=NNC(NC(=O)Oc3ccccc3)=NC2c2ccc(C)o2)ccc1=O. The summed E-state index contributed by atoms with van der Waals surface area (Å²) in [6, 6.07) is 14.9. The predicted molar refractivity (Wildman–Crippen MR) is 115 cm³/mol. The molecule has 4 rings (SSSR count). The largest absolute Gasteiger partial charge is 0.464 e. The zero-order valence-electron chi connectivity index (χ0n) is 17.0. The van der Waals surface area contributed by atoms with Crippen molar-refractivity contribution in [1.82, 2.24) is 15.3 Å². The number of guanidine groups is 1. The number of benzene rings is 1. The fraction of sp³-hybridized carbons (Fsp3) is 0.182. The Hall–Kier alpha value is -4.14. The number of aryl methyl sites for hydroxylation is 2. The summed E-state index contributed by atoms with van der Waals surface area (Å²) in [5.41, 5.74) is 3.90. The fourth-order valence-electron chi connectivity index (χ4n) is 3.12. The number of rotatable bonds is 4. The minimum Gasteiger partial charge on any atom is -0.464 e. The molecule has 1 unspecified atom stereocenters. The van der Waals surface area contributed by atoms with E-state index in [9.17, 15) is 9.59 Å². The molecule has 1 amide bonds. The van der Waals surface area contributed by atoms with Gasteiger partial charge in [-0.1, -0.05) is 18.2 Å². The standard InChI is InChI=1S/C22H21N5O4/c1-3-27-13-15(10-12-18(27)28)19-20(17-11-9-14(2)30-17)23-21(26-25-19)24-22(29)31-16-7-5-4-6-8-16/h4-13,20H,3H2,1-2H3,(H2,23,24,26,29). The van der Waals surface area contributed by atoms with Gasteiger partial charge in [0.15, 0.2) is 6.04 Å². The van der Waals surface area contributed by atoms with Crippen molar-refractivity contribution in [2.24, 2.45) is 10.1 Å². The normalized spacial score (nSPS) is 15.5. The van der Waals surface area contributed by atoms with Gasteiger partial charge in [0.2, 0.25) is 5.96 Å². The van der Waals surface area contributed by atoms with Gasteiger partial charge in [0.1, 0.15) is 23.0 Å². The molecule has 1 aliphatic heterocycles. The van der Waals surface area contributed by atoms with Crippen LogP contribution in [0.15, 0.2) is 80.1 Å². The Bertz CT molecular complexity index is 1210. The molecule has 1 aliphatic rings. The summed E-state index contributed by atoms with van der Waals surface area (Å²) in [6.45, 7) is 4.25. The third-order valence-corrected chi connectivity index (χ3v) is 4.62. The third-order valence-electron chi connectivity index (χ3n) is 4.62. The summed E-state index contributed by atoms with van der Waals surface area (Å²) in [4.78, 5) is 28.8. The summed E-state index contributed by atoms with van der Waals surface area (Å²) >= 11 is 0. The molecule has 9 nitrogen and oxygen atoms in total. The minimum absolute atomic E-state index is 0.101. The number of hydrazone groups is 1. The Morgan fingerprint density at radius 1 is 1.19 bits per heavy atom. The van der Waals surface area contributed by atoms with Gasteiger partial charge in [-0.05, 0) is 44.2 Å². The molecule has 0 fully saturated rings. The number of furan rings is 1. The number of amides is 1. The van der Waals surface area contributed by atoms with Gasteiger partial charge in [-0.2, -0.15) is 5.10 Å². The van der Waals surface area contributed by atoms with E-state index in [4.69, 9.17) is 9.15 Å². The summed E-state index contributed by atoms with van der Waals surface area (Å²) < 4.78 is 12.6. The smallest absolute Gasteiger partial charge is 0.419 e. The highest BCUT2D eigenvalue weighted by Crippen LogP contribution is 2.26. The van der Waals surface area contributed by atoms with Gasteiger partial charge in [0.25, 0.3) is 5.56 Å². The van der Waals surface area contributed by atoms with Crippen LogP contribution in [0.5, 0.6) is 5.75 Å². The first-order chi connectivity index (χ1) is 15.0. The second-order valence-corrected chi connectivity index (χ2v) is 6.81. The van der Waals surface area contributed by atoms with Crippen LogP contribution in [0, 0.1) is 6.92 Å². The van der Waals surface area contributed by atoms with Crippen LogP contribution < -0.4 is 21.0 Å². The van der Waals surface area contributed by atoms with E-state index in [1.54, 1.807) is 47.2 Å². The first-order valence-corrected chi connectivity index (χ1v) is 9.76. The minimum atomic E-state index is -0.704. The van der Waals surface area contributed by atoms with E-state index < -0.39 is 12.1 Å². The van der Waals surface area contributed by atoms with E-state index in [0.717, 1.165) is 5.76 Å². The Kier molecular flexibility index (Phi) is 5.65. The van der Waals surface area contributed by atoms with E-state index in [-0.39, 0.29) is 11.5 Å². The number of aromatic nitrogens is 1. The lowest BCUT2D eigenvalue weighted by Crippen LogP contribution is -2.43. The molecule has 2 N–H and O–H groups in total. The number of nitrogens with one attached hydrogen (secondary N) is 2. The summed E-state index contributed by atoms with van der Waals surface area (Å²) in [7, 11) is 0. The van der Waals surface area contributed by atoms with E-state index >= 15 is 0 Å². The number of hydrogen-bond acceptors (Lipinski definition) is 7. The molecule has 0 aliphatic carbocycles. The number of aliphatic imine (C=N–C) groups is 1.